The second kappa shape index (κ2) is 6.47. The molecule has 1 aromatic rings. The molecule has 1 atom stereocenters. The molecule has 0 aliphatic carbocycles. The maximum atomic E-state index is 12.0. The molecule has 0 aliphatic rings. The number of benzene rings is 1. The van der Waals surface area contributed by atoms with E-state index in [9.17, 15) is 21.6 Å². The highest BCUT2D eigenvalue weighted by atomic mass is 79.9. The summed E-state index contributed by atoms with van der Waals surface area (Å²) in [5.74, 6) is -0.376. The quantitative estimate of drug-likeness (QED) is 0.855. The lowest BCUT2D eigenvalue weighted by Crippen LogP contribution is -2.34. The van der Waals surface area contributed by atoms with Crippen LogP contribution in [0.15, 0.2) is 33.6 Å². The summed E-state index contributed by atoms with van der Waals surface area (Å²) in [4.78, 5) is 0.0135. The molecular weight excluding hydrogens is 367 g/mol. The Morgan fingerprint density at radius 2 is 1.84 bits per heavy atom. The maximum Gasteiger partial charge on any atom is 0.441 e. The number of nitrogens with one attached hydrogen (secondary N) is 1. The van der Waals surface area contributed by atoms with Crippen molar-refractivity contribution in [3.05, 3.63) is 28.7 Å². The van der Waals surface area contributed by atoms with Crippen LogP contribution < -0.4 is 4.72 Å². The summed E-state index contributed by atoms with van der Waals surface area (Å²) < 4.78 is 62.6. The summed E-state index contributed by atoms with van der Waals surface area (Å²) in [5, 5.41) is 0. The van der Waals surface area contributed by atoms with Gasteiger partial charge in [0.25, 0.3) is 0 Å². The Bertz CT molecular complexity index is 517. The normalized spacial score (nSPS) is 14.4. The van der Waals surface area contributed by atoms with Crippen LogP contribution in [0.1, 0.15) is 6.92 Å². The second-order valence-electron chi connectivity index (χ2n) is 3.73. The maximum absolute atomic E-state index is 12.0. The van der Waals surface area contributed by atoms with Gasteiger partial charge in [-0.1, -0.05) is 15.9 Å². The van der Waals surface area contributed by atoms with Crippen LogP contribution in [0, 0.1) is 0 Å². The van der Waals surface area contributed by atoms with Gasteiger partial charge in [-0.2, -0.15) is 13.2 Å². The molecule has 0 aliphatic heterocycles. The van der Waals surface area contributed by atoms with Gasteiger partial charge in [0.2, 0.25) is 10.0 Å². The Labute approximate surface area is 122 Å². The van der Waals surface area contributed by atoms with Gasteiger partial charge in [0.1, 0.15) is 0 Å². The number of halogens is 4. The standard InChI is InChI=1S/C10H11BrF3NO2S2/c1-7(6-18-10(12,13)14)15-19(16,17)9-4-2-8(11)3-5-9/h2-5,7,15H,6H2,1H3. The predicted molar refractivity (Wildman–Crippen MR) is 72.4 cm³/mol. The van der Waals surface area contributed by atoms with Crippen molar-refractivity contribution in [2.24, 2.45) is 0 Å². The lowest BCUT2D eigenvalue weighted by molar-refractivity contribution is -0.0328. The molecule has 0 saturated heterocycles. The van der Waals surface area contributed by atoms with E-state index in [2.05, 4.69) is 20.7 Å². The van der Waals surface area contributed by atoms with Crippen molar-refractivity contribution >= 4 is 37.7 Å². The molecule has 0 amide bonds. The number of thioether (sulfide) groups is 1. The molecule has 1 N–H and O–H groups in total. The zero-order valence-electron chi connectivity index (χ0n) is 9.74. The van der Waals surface area contributed by atoms with Gasteiger partial charge in [-0.25, -0.2) is 13.1 Å². The lowest BCUT2D eigenvalue weighted by Gasteiger charge is -2.14. The molecule has 1 aromatic carbocycles. The fourth-order valence-electron chi connectivity index (χ4n) is 1.20. The van der Waals surface area contributed by atoms with Crippen LogP contribution in [0.25, 0.3) is 0 Å². The van der Waals surface area contributed by atoms with Gasteiger partial charge < -0.3 is 0 Å². The molecule has 0 bridgehead atoms. The summed E-state index contributed by atoms with van der Waals surface area (Å²) in [6.07, 6.45) is 0. The summed E-state index contributed by atoms with van der Waals surface area (Å²) in [6, 6.07) is 5.01. The van der Waals surface area contributed by atoms with Crippen LogP contribution in [-0.2, 0) is 10.0 Å². The van der Waals surface area contributed by atoms with Gasteiger partial charge in [0.05, 0.1) is 4.90 Å². The minimum Gasteiger partial charge on any atom is -0.208 e. The van der Waals surface area contributed by atoms with E-state index in [0.29, 0.717) is 4.47 Å². The summed E-state index contributed by atoms with van der Waals surface area (Å²) in [5.41, 5.74) is -4.36. The fourth-order valence-corrected chi connectivity index (χ4v) is 3.34. The minimum absolute atomic E-state index is 0.0135. The number of rotatable bonds is 5. The van der Waals surface area contributed by atoms with E-state index in [1.165, 1.54) is 19.1 Å². The van der Waals surface area contributed by atoms with E-state index in [0.717, 1.165) is 0 Å². The van der Waals surface area contributed by atoms with Crippen molar-refractivity contribution in [1.29, 1.82) is 0 Å². The largest absolute Gasteiger partial charge is 0.441 e. The molecule has 0 heterocycles. The van der Waals surface area contributed by atoms with E-state index in [1.54, 1.807) is 12.1 Å². The molecule has 0 aromatic heterocycles. The molecule has 108 valence electrons. The van der Waals surface area contributed by atoms with Crippen molar-refractivity contribution in [1.82, 2.24) is 4.72 Å². The molecule has 0 saturated carbocycles. The molecule has 1 rings (SSSR count). The first-order valence-electron chi connectivity index (χ1n) is 5.09. The number of hydrogen-bond donors (Lipinski definition) is 1. The molecule has 0 spiro atoms. The summed E-state index contributed by atoms with van der Waals surface area (Å²) in [7, 11) is -3.80. The Morgan fingerprint density at radius 1 is 1.32 bits per heavy atom. The first-order chi connectivity index (χ1) is 8.60. The molecule has 9 heteroatoms. The first-order valence-corrected chi connectivity index (χ1v) is 8.35. The average molecular weight is 378 g/mol. The Morgan fingerprint density at radius 3 is 2.32 bits per heavy atom. The van der Waals surface area contributed by atoms with Crippen LogP contribution in [0.2, 0.25) is 0 Å². The van der Waals surface area contributed by atoms with E-state index in [-0.39, 0.29) is 22.4 Å². The van der Waals surface area contributed by atoms with Crippen molar-refractivity contribution in [2.45, 2.75) is 23.4 Å². The predicted octanol–water partition coefficient (Wildman–Crippen LogP) is 3.37. The highest BCUT2D eigenvalue weighted by molar-refractivity contribution is 9.10. The summed E-state index contributed by atoms with van der Waals surface area (Å²) in [6.45, 7) is 1.38. The smallest absolute Gasteiger partial charge is 0.208 e. The van der Waals surface area contributed by atoms with Gasteiger partial charge in [-0.3, -0.25) is 0 Å². The fraction of sp³-hybridized carbons (Fsp3) is 0.400. The number of hydrogen-bond acceptors (Lipinski definition) is 3. The van der Waals surface area contributed by atoms with Gasteiger partial charge in [-0.15, -0.1) is 0 Å². The second-order valence-corrected chi connectivity index (χ2v) is 7.45. The van der Waals surface area contributed by atoms with Gasteiger partial charge in [0, 0.05) is 16.3 Å². The van der Waals surface area contributed by atoms with E-state index < -0.39 is 21.6 Å². The Kier molecular flexibility index (Phi) is 5.72. The van der Waals surface area contributed by atoms with Gasteiger partial charge in [-0.05, 0) is 43.0 Å². The van der Waals surface area contributed by atoms with Crippen LogP contribution in [0.3, 0.4) is 0 Å². The molecule has 19 heavy (non-hydrogen) atoms. The van der Waals surface area contributed by atoms with E-state index >= 15 is 0 Å². The Hall–Kier alpha value is -0.250. The van der Waals surface area contributed by atoms with Crippen molar-refractivity contribution in [3.63, 3.8) is 0 Å². The Balaban J connectivity index is 2.67. The van der Waals surface area contributed by atoms with Crippen molar-refractivity contribution in [3.8, 4) is 0 Å². The van der Waals surface area contributed by atoms with Crippen LogP contribution in [0.5, 0.6) is 0 Å². The van der Waals surface area contributed by atoms with E-state index in [1.807, 2.05) is 0 Å². The third-order valence-corrected chi connectivity index (χ3v) is 5.11. The lowest BCUT2D eigenvalue weighted by atomic mass is 10.4. The zero-order chi connectivity index (χ0) is 14.7. The van der Waals surface area contributed by atoms with Crippen molar-refractivity contribution < 1.29 is 21.6 Å². The summed E-state index contributed by atoms with van der Waals surface area (Å²) >= 11 is 2.91. The molecule has 1 unspecified atom stereocenters. The first kappa shape index (κ1) is 16.8. The third-order valence-electron chi connectivity index (χ3n) is 1.98. The van der Waals surface area contributed by atoms with Gasteiger partial charge >= 0.3 is 5.51 Å². The molecule has 0 fully saturated rings. The van der Waals surface area contributed by atoms with Crippen LogP contribution in [-0.4, -0.2) is 25.7 Å². The monoisotopic (exact) mass is 377 g/mol. The molecular formula is C10H11BrF3NO2S2. The minimum atomic E-state index is -4.36. The molecule has 3 nitrogen and oxygen atoms in total. The van der Waals surface area contributed by atoms with Gasteiger partial charge in [0.15, 0.2) is 0 Å². The topological polar surface area (TPSA) is 46.2 Å². The number of alkyl halides is 3. The molecule has 0 radical (unpaired) electrons. The number of sulfonamides is 1. The highest BCUT2D eigenvalue weighted by Gasteiger charge is 2.29. The SMILES string of the molecule is CC(CSC(F)(F)F)NS(=O)(=O)c1ccc(Br)cc1. The average Bonchev–Trinajstić information content (AvgIpc) is 2.25. The van der Waals surface area contributed by atoms with E-state index in [4.69, 9.17) is 0 Å². The van der Waals surface area contributed by atoms with Crippen LogP contribution in [0.4, 0.5) is 13.2 Å². The zero-order valence-corrected chi connectivity index (χ0v) is 13.0. The van der Waals surface area contributed by atoms with Crippen LogP contribution >= 0.6 is 27.7 Å². The highest BCUT2D eigenvalue weighted by Crippen LogP contribution is 2.30. The third kappa shape index (κ3) is 6.15. The van der Waals surface area contributed by atoms with Crippen molar-refractivity contribution in [2.75, 3.05) is 5.75 Å².